The van der Waals surface area contributed by atoms with Gasteiger partial charge >= 0.3 is 0 Å². The normalized spacial score (nSPS) is 10.2. The lowest BCUT2D eigenvalue weighted by molar-refractivity contribution is 0.0891. The molecule has 0 atom stereocenters. The van der Waals surface area contributed by atoms with Crippen molar-refractivity contribution in [1.82, 2.24) is 14.5 Å². The van der Waals surface area contributed by atoms with Crippen molar-refractivity contribution >= 4 is 11.6 Å². The Bertz CT molecular complexity index is 546. The Hall–Kier alpha value is -2.30. The van der Waals surface area contributed by atoms with E-state index in [1.54, 1.807) is 36.1 Å². The van der Waals surface area contributed by atoms with E-state index in [4.69, 9.17) is 0 Å². The van der Waals surface area contributed by atoms with Gasteiger partial charge in [-0.2, -0.15) is 0 Å². The molecular formula is C12H11N3O2. The Morgan fingerprint density at radius 3 is 2.76 bits per heavy atom. The van der Waals surface area contributed by atoms with Gasteiger partial charge in [-0.3, -0.25) is 14.6 Å². The Morgan fingerprint density at radius 1 is 1.35 bits per heavy atom. The predicted molar refractivity (Wildman–Crippen MR) is 60.7 cm³/mol. The largest absolute Gasteiger partial charge is 0.340 e. The summed E-state index contributed by atoms with van der Waals surface area (Å²) in [5.41, 5.74) is 0.751. The molecule has 0 aliphatic rings. The molecule has 0 N–H and O–H groups in total. The number of hydrogen-bond acceptors (Lipinski definition) is 4. The monoisotopic (exact) mass is 229 g/mol. The molecular weight excluding hydrogens is 218 g/mol. The zero-order valence-corrected chi connectivity index (χ0v) is 9.33. The summed E-state index contributed by atoms with van der Waals surface area (Å²) in [6, 6.07) is 3.31. The molecule has 5 nitrogen and oxygen atoms in total. The van der Waals surface area contributed by atoms with E-state index in [1.165, 1.54) is 12.5 Å². The van der Waals surface area contributed by atoms with Gasteiger partial charge in [0.2, 0.25) is 0 Å². The van der Waals surface area contributed by atoms with Crippen LogP contribution in [0.5, 0.6) is 0 Å². The fourth-order valence-electron chi connectivity index (χ4n) is 1.42. The molecule has 0 aromatic carbocycles. The zero-order valence-electron chi connectivity index (χ0n) is 9.33. The van der Waals surface area contributed by atoms with Crippen molar-refractivity contribution in [2.24, 2.45) is 7.05 Å². The van der Waals surface area contributed by atoms with Gasteiger partial charge < -0.3 is 4.57 Å². The van der Waals surface area contributed by atoms with E-state index in [1.807, 2.05) is 0 Å². The van der Waals surface area contributed by atoms with E-state index in [0.29, 0.717) is 11.3 Å². The van der Waals surface area contributed by atoms with E-state index in [2.05, 4.69) is 9.97 Å². The van der Waals surface area contributed by atoms with E-state index in [0.717, 1.165) is 0 Å². The van der Waals surface area contributed by atoms with Crippen LogP contribution in [0, 0.1) is 0 Å². The van der Waals surface area contributed by atoms with Crippen LogP contribution in [0.3, 0.4) is 0 Å². The molecule has 0 aliphatic heterocycles. The van der Waals surface area contributed by atoms with Crippen LogP contribution in [0.2, 0.25) is 0 Å². The van der Waals surface area contributed by atoms with Crippen molar-refractivity contribution in [2.45, 2.75) is 6.42 Å². The van der Waals surface area contributed by atoms with Gasteiger partial charge in [0.05, 0.1) is 12.7 Å². The molecule has 0 spiro atoms. The summed E-state index contributed by atoms with van der Waals surface area (Å²) in [4.78, 5) is 31.2. The summed E-state index contributed by atoms with van der Waals surface area (Å²) in [5, 5.41) is 0. The molecule has 0 amide bonds. The third-order valence-electron chi connectivity index (χ3n) is 2.30. The van der Waals surface area contributed by atoms with Crippen molar-refractivity contribution in [3.63, 3.8) is 0 Å². The minimum absolute atomic E-state index is 0.178. The van der Waals surface area contributed by atoms with Crippen molar-refractivity contribution in [3.05, 3.63) is 48.3 Å². The second-order valence-electron chi connectivity index (χ2n) is 3.69. The first-order valence-corrected chi connectivity index (χ1v) is 5.11. The van der Waals surface area contributed by atoms with Crippen LogP contribution in [-0.2, 0) is 7.05 Å². The molecule has 0 unspecified atom stereocenters. The maximum Gasteiger partial charge on any atom is 0.190 e. The topological polar surface area (TPSA) is 64.8 Å². The summed E-state index contributed by atoms with van der Waals surface area (Å²) < 4.78 is 1.67. The standard InChI is InChI=1S/C12H11N3O2/c1-15-7-10(14-8-15)12(17)5-11(16)9-3-2-4-13-6-9/h2-4,6-8H,5H2,1H3. The Labute approximate surface area is 98.1 Å². The van der Waals surface area contributed by atoms with Gasteiger partial charge in [-0.1, -0.05) is 0 Å². The van der Waals surface area contributed by atoms with Gasteiger partial charge in [0.15, 0.2) is 11.6 Å². The molecule has 2 aromatic rings. The average Bonchev–Trinajstić information content (AvgIpc) is 2.77. The SMILES string of the molecule is Cn1cnc(C(=O)CC(=O)c2cccnc2)c1. The van der Waals surface area contributed by atoms with Crippen molar-refractivity contribution in [3.8, 4) is 0 Å². The van der Waals surface area contributed by atoms with Crippen molar-refractivity contribution in [2.75, 3.05) is 0 Å². The third-order valence-corrected chi connectivity index (χ3v) is 2.30. The van der Waals surface area contributed by atoms with Crippen LogP contribution in [0.25, 0.3) is 0 Å². The fourth-order valence-corrected chi connectivity index (χ4v) is 1.42. The number of Topliss-reactive ketones (excluding diaryl/α,β-unsaturated/α-hetero) is 2. The first-order valence-electron chi connectivity index (χ1n) is 5.11. The molecule has 0 saturated heterocycles. The molecule has 0 bridgehead atoms. The van der Waals surface area contributed by atoms with Gasteiger partial charge in [-0.15, -0.1) is 0 Å². The Kier molecular flexibility index (Phi) is 3.09. The van der Waals surface area contributed by atoms with Crippen LogP contribution < -0.4 is 0 Å². The number of carbonyl (C=O) groups excluding carboxylic acids is 2. The number of pyridine rings is 1. The van der Waals surface area contributed by atoms with Crippen molar-refractivity contribution in [1.29, 1.82) is 0 Å². The molecule has 86 valence electrons. The summed E-state index contributed by atoms with van der Waals surface area (Å²) >= 11 is 0. The number of aryl methyl sites for hydroxylation is 1. The number of rotatable bonds is 4. The second kappa shape index (κ2) is 4.69. The summed E-state index contributed by atoms with van der Waals surface area (Å²) in [7, 11) is 1.77. The smallest absolute Gasteiger partial charge is 0.190 e. The number of imidazole rings is 1. The second-order valence-corrected chi connectivity index (χ2v) is 3.69. The molecule has 2 aromatic heterocycles. The minimum Gasteiger partial charge on any atom is -0.340 e. The summed E-state index contributed by atoms with van der Waals surface area (Å²) in [6.07, 6.45) is 5.98. The van der Waals surface area contributed by atoms with Crippen LogP contribution >= 0.6 is 0 Å². The predicted octanol–water partition coefficient (Wildman–Crippen LogP) is 1.27. The van der Waals surface area contributed by atoms with E-state index >= 15 is 0 Å². The molecule has 5 heteroatoms. The minimum atomic E-state index is -0.278. The molecule has 0 saturated carbocycles. The highest BCUT2D eigenvalue weighted by atomic mass is 16.1. The number of aromatic nitrogens is 3. The average molecular weight is 229 g/mol. The maximum atomic E-state index is 11.7. The first-order chi connectivity index (χ1) is 8.16. The number of nitrogens with zero attached hydrogens (tertiary/aromatic N) is 3. The van der Waals surface area contributed by atoms with Gasteiger partial charge in [-0.25, -0.2) is 4.98 Å². The van der Waals surface area contributed by atoms with Crippen LogP contribution in [0.1, 0.15) is 27.3 Å². The van der Waals surface area contributed by atoms with Gasteiger partial charge in [0.1, 0.15) is 5.69 Å². The van der Waals surface area contributed by atoms with Crippen LogP contribution in [0.4, 0.5) is 0 Å². The highest BCUT2D eigenvalue weighted by Crippen LogP contribution is 2.06. The molecule has 2 heterocycles. The Balaban J connectivity index is 2.07. The van der Waals surface area contributed by atoms with Gasteiger partial charge in [0, 0.05) is 31.2 Å². The highest BCUT2D eigenvalue weighted by Gasteiger charge is 2.15. The molecule has 0 fully saturated rings. The molecule has 0 radical (unpaired) electrons. The quantitative estimate of drug-likeness (QED) is 0.585. The lowest BCUT2D eigenvalue weighted by Crippen LogP contribution is -2.09. The van der Waals surface area contributed by atoms with Crippen LogP contribution in [0.15, 0.2) is 37.1 Å². The number of ketones is 2. The van der Waals surface area contributed by atoms with Crippen LogP contribution in [-0.4, -0.2) is 26.1 Å². The molecule has 2 rings (SSSR count). The number of carbonyl (C=O) groups is 2. The summed E-state index contributed by atoms with van der Waals surface area (Å²) in [5.74, 6) is -0.520. The molecule has 17 heavy (non-hydrogen) atoms. The highest BCUT2D eigenvalue weighted by molar-refractivity contribution is 6.12. The Morgan fingerprint density at radius 2 is 2.18 bits per heavy atom. The zero-order chi connectivity index (χ0) is 12.3. The van der Waals surface area contributed by atoms with E-state index in [9.17, 15) is 9.59 Å². The van der Waals surface area contributed by atoms with Gasteiger partial charge in [-0.05, 0) is 12.1 Å². The maximum absolute atomic E-state index is 11.7. The fraction of sp³-hybridized carbons (Fsp3) is 0.167. The van der Waals surface area contributed by atoms with E-state index < -0.39 is 0 Å². The lowest BCUT2D eigenvalue weighted by atomic mass is 10.1. The lowest BCUT2D eigenvalue weighted by Gasteiger charge is -1.97. The van der Waals surface area contributed by atoms with Crippen molar-refractivity contribution < 1.29 is 9.59 Å². The summed E-state index contributed by atoms with van der Waals surface area (Å²) in [6.45, 7) is 0. The van der Waals surface area contributed by atoms with Gasteiger partial charge in [0.25, 0.3) is 0 Å². The first kappa shape index (κ1) is 11.2. The molecule has 0 aliphatic carbocycles. The third kappa shape index (κ3) is 2.63. The number of hydrogen-bond donors (Lipinski definition) is 0. The van der Waals surface area contributed by atoms with E-state index in [-0.39, 0.29) is 18.0 Å².